The first-order valence-corrected chi connectivity index (χ1v) is 24.0. The summed E-state index contributed by atoms with van der Waals surface area (Å²) in [4.78, 5) is 3.37. The average Bonchev–Trinajstić information content (AvgIpc) is 3.33. The van der Waals surface area contributed by atoms with Crippen molar-refractivity contribution in [3.63, 3.8) is 0 Å². The molecule has 5 rings (SSSR count). The Hall–Kier alpha value is -4.05. The molecule has 1 heterocycles. The second kappa shape index (κ2) is 30.2. The monoisotopic (exact) mass is 862 g/mol. The molecule has 9 heteroatoms. The van der Waals surface area contributed by atoms with Crippen LogP contribution in [0.4, 0.5) is 0 Å². The highest BCUT2D eigenvalue weighted by molar-refractivity contribution is 5.16. The van der Waals surface area contributed by atoms with E-state index in [1.807, 2.05) is 84.9 Å². The lowest BCUT2D eigenvalue weighted by Crippen LogP contribution is -2.57. The van der Waals surface area contributed by atoms with Gasteiger partial charge in [0, 0.05) is 10.8 Å². The number of benzene rings is 4. The summed E-state index contributed by atoms with van der Waals surface area (Å²) in [6.45, 7) is 8.14. The standard InChI is InChI=1S/C54H75N3O6/c1-4-6-7-8-9-10-11-12-13-14-15-28-37-50(58-38-44-29-20-16-21-30-44)52(60-40-46-33-24-18-25-34-46)48(56-57-55)42-62-54-53(61-41-47-35-26-19-27-36-47)51(43(3)49(5-2)63-54)59-39-45-31-22-17-23-32-45/h16-27,29-36,43,48-54H,4-15,28,37-42H2,1-3H3/t43-,48-,49+,50+,51-,52-,53+,54-/m0/s1. The van der Waals surface area contributed by atoms with E-state index in [4.69, 9.17) is 28.4 Å². The summed E-state index contributed by atoms with van der Waals surface area (Å²) in [6, 6.07) is 39.9. The quantitative estimate of drug-likeness (QED) is 0.0210. The Morgan fingerprint density at radius 2 is 1.00 bits per heavy atom. The molecule has 0 saturated carbocycles. The van der Waals surface area contributed by atoms with Crippen LogP contribution in [0.25, 0.3) is 10.4 Å². The summed E-state index contributed by atoms with van der Waals surface area (Å²) in [5.74, 6) is 0.0283. The highest BCUT2D eigenvalue weighted by Crippen LogP contribution is 2.34. The fourth-order valence-corrected chi connectivity index (χ4v) is 8.59. The van der Waals surface area contributed by atoms with Crippen molar-refractivity contribution in [1.29, 1.82) is 0 Å². The van der Waals surface area contributed by atoms with Crippen LogP contribution < -0.4 is 0 Å². The minimum Gasteiger partial charge on any atom is -0.371 e. The third-order valence-electron chi connectivity index (χ3n) is 12.3. The molecular formula is C54H75N3O6. The number of hydrogen-bond donors (Lipinski definition) is 0. The van der Waals surface area contributed by atoms with Gasteiger partial charge in [-0.15, -0.1) is 0 Å². The van der Waals surface area contributed by atoms with Crippen molar-refractivity contribution < 1.29 is 28.4 Å². The Bertz CT molecular complexity index is 1780. The van der Waals surface area contributed by atoms with Crippen molar-refractivity contribution in [2.45, 2.75) is 180 Å². The second-order valence-corrected chi connectivity index (χ2v) is 17.2. The molecule has 63 heavy (non-hydrogen) atoms. The number of ether oxygens (including phenoxy) is 6. The van der Waals surface area contributed by atoms with Crippen molar-refractivity contribution in [3.05, 3.63) is 154 Å². The molecule has 0 radical (unpaired) electrons. The number of rotatable bonds is 32. The van der Waals surface area contributed by atoms with E-state index in [-0.39, 0.29) is 30.8 Å². The zero-order valence-corrected chi connectivity index (χ0v) is 38.4. The Labute approximate surface area is 378 Å². The summed E-state index contributed by atoms with van der Waals surface area (Å²) in [5.41, 5.74) is 14.3. The maximum atomic E-state index is 10.1. The van der Waals surface area contributed by atoms with Crippen LogP contribution in [0.5, 0.6) is 0 Å². The molecule has 0 aromatic heterocycles. The maximum absolute atomic E-state index is 10.1. The Morgan fingerprint density at radius 1 is 0.556 bits per heavy atom. The van der Waals surface area contributed by atoms with Crippen molar-refractivity contribution in [2.75, 3.05) is 6.61 Å². The lowest BCUT2D eigenvalue weighted by atomic mass is 9.89. The van der Waals surface area contributed by atoms with E-state index in [1.54, 1.807) is 0 Å². The molecule has 0 unspecified atom stereocenters. The zero-order chi connectivity index (χ0) is 44.2. The first-order chi connectivity index (χ1) is 31.1. The van der Waals surface area contributed by atoms with Crippen LogP contribution in [0.3, 0.4) is 0 Å². The van der Waals surface area contributed by atoms with Crippen molar-refractivity contribution in [3.8, 4) is 0 Å². The van der Waals surface area contributed by atoms with E-state index in [0.717, 1.165) is 47.9 Å². The topological polar surface area (TPSA) is 104 Å². The first kappa shape index (κ1) is 50.0. The molecule has 1 saturated heterocycles. The molecule has 0 spiro atoms. The molecule has 0 aliphatic carbocycles. The highest BCUT2D eigenvalue weighted by Gasteiger charge is 2.46. The van der Waals surface area contributed by atoms with Crippen LogP contribution in [0, 0.1) is 5.92 Å². The molecule has 0 N–H and O–H groups in total. The predicted octanol–water partition coefficient (Wildman–Crippen LogP) is 13.9. The summed E-state index contributed by atoms with van der Waals surface area (Å²) in [7, 11) is 0. The summed E-state index contributed by atoms with van der Waals surface area (Å²) >= 11 is 0. The number of nitrogens with zero attached hydrogens (tertiary/aromatic N) is 3. The molecule has 1 fully saturated rings. The molecule has 342 valence electrons. The lowest BCUT2D eigenvalue weighted by Gasteiger charge is -2.45. The SMILES string of the molecule is CCCCCCCCCCCCCC[C@@H](OCc1ccccc1)[C@@H](OCc1ccccc1)[C@H](CO[C@H]1O[C@H](CC)[C@H](C)[C@H](OCc2ccccc2)[C@H]1OCc1ccccc1)N=[N+]=[N-]. The van der Waals surface area contributed by atoms with Crippen LogP contribution >= 0.6 is 0 Å². The lowest BCUT2D eigenvalue weighted by molar-refractivity contribution is -0.306. The predicted molar refractivity (Wildman–Crippen MR) is 253 cm³/mol. The van der Waals surface area contributed by atoms with E-state index in [0.29, 0.717) is 26.4 Å². The largest absolute Gasteiger partial charge is 0.371 e. The molecule has 4 aromatic rings. The molecule has 8 atom stereocenters. The number of hydrogen-bond acceptors (Lipinski definition) is 7. The Morgan fingerprint density at radius 3 is 1.48 bits per heavy atom. The van der Waals surface area contributed by atoms with E-state index in [2.05, 4.69) is 67.2 Å². The third kappa shape index (κ3) is 18.2. The molecule has 1 aliphatic heterocycles. The highest BCUT2D eigenvalue weighted by atomic mass is 16.7. The molecular weight excluding hydrogens is 787 g/mol. The molecule has 0 bridgehead atoms. The Balaban J connectivity index is 1.34. The fourth-order valence-electron chi connectivity index (χ4n) is 8.59. The first-order valence-electron chi connectivity index (χ1n) is 24.0. The van der Waals surface area contributed by atoms with Crippen LogP contribution in [0.15, 0.2) is 126 Å². The van der Waals surface area contributed by atoms with Gasteiger partial charge >= 0.3 is 0 Å². The number of unbranched alkanes of at least 4 members (excludes halogenated alkanes) is 11. The van der Waals surface area contributed by atoms with E-state index >= 15 is 0 Å². The Kier molecular flexibility index (Phi) is 23.9. The van der Waals surface area contributed by atoms with Crippen molar-refractivity contribution in [2.24, 2.45) is 11.0 Å². The van der Waals surface area contributed by atoms with Gasteiger partial charge in [-0.05, 0) is 40.6 Å². The third-order valence-corrected chi connectivity index (χ3v) is 12.3. The van der Waals surface area contributed by atoms with E-state index < -0.39 is 24.5 Å². The molecule has 4 aromatic carbocycles. The van der Waals surface area contributed by atoms with Gasteiger partial charge in [0.05, 0.1) is 63.5 Å². The summed E-state index contributed by atoms with van der Waals surface area (Å²) < 4.78 is 40.7. The fraction of sp³-hybridized carbons (Fsp3) is 0.556. The normalized spacial score (nSPS) is 20.1. The van der Waals surface area contributed by atoms with Crippen LogP contribution in [-0.2, 0) is 54.8 Å². The molecule has 0 amide bonds. The van der Waals surface area contributed by atoms with Gasteiger partial charge in [-0.3, -0.25) is 0 Å². The van der Waals surface area contributed by atoms with E-state index in [9.17, 15) is 5.53 Å². The van der Waals surface area contributed by atoms with Gasteiger partial charge in [0.1, 0.15) is 6.10 Å². The van der Waals surface area contributed by atoms with Crippen LogP contribution in [0.2, 0.25) is 0 Å². The van der Waals surface area contributed by atoms with Gasteiger partial charge in [0.15, 0.2) is 6.29 Å². The van der Waals surface area contributed by atoms with Gasteiger partial charge in [0.2, 0.25) is 0 Å². The van der Waals surface area contributed by atoms with Gasteiger partial charge in [-0.25, -0.2) is 0 Å². The van der Waals surface area contributed by atoms with Crippen molar-refractivity contribution >= 4 is 0 Å². The van der Waals surface area contributed by atoms with Gasteiger partial charge in [-0.2, -0.15) is 0 Å². The zero-order valence-electron chi connectivity index (χ0n) is 38.4. The van der Waals surface area contributed by atoms with Crippen LogP contribution in [0.1, 0.15) is 133 Å². The smallest absolute Gasteiger partial charge is 0.186 e. The number of azide groups is 1. The molecule has 1 aliphatic rings. The van der Waals surface area contributed by atoms with Gasteiger partial charge in [-0.1, -0.05) is 224 Å². The average molecular weight is 862 g/mol. The van der Waals surface area contributed by atoms with Gasteiger partial charge in [0.25, 0.3) is 0 Å². The minimum absolute atomic E-state index is 0.0283. The van der Waals surface area contributed by atoms with Gasteiger partial charge < -0.3 is 28.4 Å². The molecule has 9 nitrogen and oxygen atoms in total. The maximum Gasteiger partial charge on any atom is 0.186 e. The summed E-state index contributed by atoms with van der Waals surface area (Å²) in [5, 5.41) is 4.40. The summed E-state index contributed by atoms with van der Waals surface area (Å²) in [6.07, 6.45) is 14.0. The van der Waals surface area contributed by atoms with E-state index in [1.165, 1.54) is 64.2 Å². The minimum atomic E-state index is -0.790. The van der Waals surface area contributed by atoms with Crippen molar-refractivity contribution in [1.82, 2.24) is 0 Å². The second-order valence-electron chi connectivity index (χ2n) is 17.2. The van der Waals surface area contributed by atoms with Crippen LogP contribution in [-0.4, -0.2) is 49.5 Å².